The smallest absolute Gasteiger partial charge is 0.410 e. The van der Waals surface area contributed by atoms with Crippen molar-refractivity contribution in [2.75, 3.05) is 13.1 Å². The maximum atomic E-state index is 12.4. The molecule has 3 atom stereocenters. The van der Waals surface area contributed by atoms with Crippen molar-refractivity contribution in [3.8, 4) is 0 Å². The fourth-order valence-electron chi connectivity index (χ4n) is 3.78. The van der Waals surface area contributed by atoms with Crippen LogP contribution in [0.4, 0.5) is 4.79 Å². The van der Waals surface area contributed by atoms with Crippen molar-refractivity contribution < 1.29 is 23.9 Å². The molecule has 0 aromatic carbocycles. The Morgan fingerprint density at radius 1 is 1.04 bits per heavy atom. The number of hydrogen-bond donors (Lipinski definition) is 1. The molecule has 0 unspecified atom stereocenters. The van der Waals surface area contributed by atoms with Crippen molar-refractivity contribution in [1.82, 2.24) is 10.2 Å². The van der Waals surface area contributed by atoms with E-state index in [2.05, 4.69) is 12.2 Å². The quantitative estimate of drug-likeness (QED) is 0.737. The normalized spacial score (nSPS) is 25.0. The molecule has 2 amide bonds. The number of piperidine rings is 1. The third-order valence-corrected chi connectivity index (χ3v) is 5.58. The minimum Gasteiger partial charge on any atom is -0.452 e. The topological polar surface area (TPSA) is 84.9 Å². The van der Waals surface area contributed by atoms with Crippen LogP contribution in [0.3, 0.4) is 0 Å². The first kappa shape index (κ1) is 22.5. The molecule has 0 spiro atoms. The molecule has 1 aliphatic heterocycles. The predicted octanol–water partition coefficient (Wildman–Crippen LogP) is 3.26. The highest BCUT2D eigenvalue weighted by Crippen LogP contribution is 2.24. The lowest BCUT2D eigenvalue weighted by Gasteiger charge is -2.33. The molecular weight excluding hydrogens is 360 g/mol. The average Bonchev–Trinajstić information content (AvgIpc) is 2.62. The van der Waals surface area contributed by atoms with Crippen LogP contribution in [0.5, 0.6) is 0 Å². The average molecular weight is 397 g/mol. The number of rotatable bonds is 4. The van der Waals surface area contributed by atoms with Gasteiger partial charge in [-0.25, -0.2) is 4.79 Å². The lowest BCUT2D eigenvalue weighted by atomic mass is 9.86. The molecule has 28 heavy (non-hydrogen) atoms. The molecule has 0 aromatic heterocycles. The van der Waals surface area contributed by atoms with Crippen molar-refractivity contribution in [2.45, 2.75) is 90.9 Å². The van der Waals surface area contributed by atoms with Crippen LogP contribution in [-0.4, -0.2) is 53.7 Å². The van der Waals surface area contributed by atoms with Gasteiger partial charge in [0.25, 0.3) is 5.91 Å². The Kier molecular flexibility index (Phi) is 7.72. The Bertz CT molecular complexity index is 564. The molecule has 1 heterocycles. The summed E-state index contributed by atoms with van der Waals surface area (Å²) in [5.74, 6) is -0.415. The summed E-state index contributed by atoms with van der Waals surface area (Å²) < 4.78 is 10.8. The third kappa shape index (κ3) is 6.67. The molecule has 1 N–H and O–H groups in total. The summed E-state index contributed by atoms with van der Waals surface area (Å²) in [7, 11) is 0. The Labute approximate surface area is 168 Å². The van der Waals surface area contributed by atoms with Gasteiger partial charge in [0.15, 0.2) is 6.10 Å². The van der Waals surface area contributed by atoms with E-state index in [9.17, 15) is 14.4 Å². The number of hydrogen-bond acceptors (Lipinski definition) is 5. The molecule has 0 aromatic rings. The van der Waals surface area contributed by atoms with Crippen LogP contribution in [0.25, 0.3) is 0 Å². The van der Waals surface area contributed by atoms with Gasteiger partial charge in [0.2, 0.25) is 0 Å². The first-order valence-corrected chi connectivity index (χ1v) is 10.6. The summed E-state index contributed by atoms with van der Waals surface area (Å²) in [6.45, 7) is 10.2. The Hall–Kier alpha value is -1.79. The summed E-state index contributed by atoms with van der Waals surface area (Å²) >= 11 is 0. The zero-order chi connectivity index (χ0) is 20.9. The van der Waals surface area contributed by atoms with E-state index in [1.165, 1.54) is 6.42 Å². The second-order valence-electron chi connectivity index (χ2n) is 9.20. The zero-order valence-corrected chi connectivity index (χ0v) is 18.0. The number of ether oxygens (including phenoxy) is 2. The number of likely N-dealkylation sites (tertiary alicyclic amines) is 1. The summed E-state index contributed by atoms with van der Waals surface area (Å²) in [6.07, 6.45) is 4.32. The summed E-state index contributed by atoms with van der Waals surface area (Å²) in [4.78, 5) is 38.6. The maximum absolute atomic E-state index is 12.4. The molecule has 1 saturated carbocycles. The number of carbonyl (C=O) groups is 3. The van der Waals surface area contributed by atoms with Crippen molar-refractivity contribution in [1.29, 1.82) is 0 Å². The molecule has 7 nitrogen and oxygen atoms in total. The predicted molar refractivity (Wildman–Crippen MR) is 106 cm³/mol. The van der Waals surface area contributed by atoms with Gasteiger partial charge in [-0.1, -0.05) is 19.8 Å². The van der Waals surface area contributed by atoms with Crippen molar-refractivity contribution in [3.63, 3.8) is 0 Å². The highest BCUT2D eigenvalue weighted by molar-refractivity contribution is 5.84. The van der Waals surface area contributed by atoms with E-state index >= 15 is 0 Å². The Morgan fingerprint density at radius 2 is 1.64 bits per heavy atom. The van der Waals surface area contributed by atoms with E-state index in [4.69, 9.17) is 9.47 Å². The van der Waals surface area contributed by atoms with Crippen LogP contribution in [-0.2, 0) is 19.1 Å². The highest BCUT2D eigenvalue weighted by Gasteiger charge is 2.33. The number of nitrogens with zero attached hydrogens (tertiary/aromatic N) is 1. The van der Waals surface area contributed by atoms with E-state index < -0.39 is 11.7 Å². The number of carbonyl (C=O) groups excluding carboxylic acids is 3. The number of esters is 1. The first-order chi connectivity index (χ1) is 13.1. The van der Waals surface area contributed by atoms with Gasteiger partial charge in [0, 0.05) is 19.1 Å². The third-order valence-electron chi connectivity index (χ3n) is 5.58. The second kappa shape index (κ2) is 9.61. The summed E-state index contributed by atoms with van der Waals surface area (Å²) in [5, 5.41) is 3.03. The van der Waals surface area contributed by atoms with Gasteiger partial charge >= 0.3 is 12.1 Å². The fourth-order valence-corrected chi connectivity index (χ4v) is 3.78. The fraction of sp³-hybridized carbons (Fsp3) is 0.857. The Balaban J connectivity index is 1.75. The van der Waals surface area contributed by atoms with Crippen molar-refractivity contribution in [2.24, 2.45) is 11.8 Å². The van der Waals surface area contributed by atoms with Crippen LogP contribution in [0, 0.1) is 11.8 Å². The summed E-state index contributed by atoms with van der Waals surface area (Å²) in [5.41, 5.74) is -0.536. The van der Waals surface area contributed by atoms with E-state index in [0.29, 0.717) is 31.8 Å². The minimum atomic E-state index is -0.800. The molecule has 2 fully saturated rings. The highest BCUT2D eigenvalue weighted by atomic mass is 16.6. The lowest BCUT2D eigenvalue weighted by molar-refractivity contribution is -0.160. The van der Waals surface area contributed by atoms with Gasteiger partial charge in [0.05, 0.1) is 5.92 Å². The SMILES string of the molecule is C[C@@H](OC(=O)C1CCN(C(=O)OC(C)(C)C)CC1)C(=O)N[C@@H]1CCCC[C@@H]1C. The van der Waals surface area contributed by atoms with Gasteiger partial charge in [0.1, 0.15) is 5.60 Å². The largest absolute Gasteiger partial charge is 0.452 e. The molecule has 1 aliphatic carbocycles. The van der Waals surface area contributed by atoms with Crippen molar-refractivity contribution >= 4 is 18.0 Å². The van der Waals surface area contributed by atoms with Crippen molar-refractivity contribution in [3.05, 3.63) is 0 Å². The summed E-state index contributed by atoms with van der Waals surface area (Å²) in [6, 6.07) is 0.166. The maximum Gasteiger partial charge on any atom is 0.410 e. The molecule has 2 rings (SSSR count). The van der Waals surface area contributed by atoms with E-state index in [1.807, 2.05) is 20.8 Å². The molecule has 160 valence electrons. The van der Waals surface area contributed by atoms with Crippen LogP contribution in [0.2, 0.25) is 0 Å². The molecule has 1 saturated heterocycles. The first-order valence-electron chi connectivity index (χ1n) is 10.6. The lowest BCUT2D eigenvalue weighted by Crippen LogP contribution is -2.47. The zero-order valence-electron chi connectivity index (χ0n) is 18.0. The molecule has 2 aliphatic rings. The number of nitrogens with one attached hydrogen (secondary N) is 1. The molecule has 7 heteroatoms. The second-order valence-corrected chi connectivity index (χ2v) is 9.20. The number of amides is 2. The van der Waals surface area contributed by atoms with Gasteiger partial charge in [-0.3, -0.25) is 9.59 Å². The van der Waals surface area contributed by atoms with Crippen LogP contribution in [0.1, 0.15) is 73.1 Å². The van der Waals surface area contributed by atoms with Gasteiger partial charge in [-0.15, -0.1) is 0 Å². The van der Waals surface area contributed by atoms with E-state index in [1.54, 1.807) is 11.8 Å². The van der Waals surface area contributed by atoms with Gasteiger partial charge in [-0.2, -0.15) is 0 Å². The van der Waals surface area contributed by atoms with E-state index in [0.717, 1.165) is 19.3 Å². The van der Waals surface area contributed by atoms with Crippen LogP contribution < -0.4 is 5.32 Å². The van der Waals surface area contributed by atoms with Gasteiger partial charge in [-0.05, 0) is 59.3 Å². The minimum absolute atomic E-state index is 0.166. The van der Waals surface area contributed by atoms with Crippen LogP contribution in [0.15, 0.2) is 0 Å². The Morgan fingerprint density at radius 3 is 2.21 bits per heavy atom. The monoisotopic (exact) mass is 396 g/mol. The van der Waals surface area contributed by atoms with E-state index in [-0.39, 0.29) is 29.9 Å². The standard InChI is InChI=1S/C21H36N2O5/c1-14-8-6-7-9-17(14)22-18(24)15(2)27-19(25)16-10-12-23(13-11-16)20(26)28-21(3,4)5/h14-17H,6-13H2,1-5H3,(H,22,24)/t14-,15+,17+/m0/s1. The molecule has 0 radical (unpaired) electrons. The molecular formula is C21H36N2O5. The molecule has 0 bridgehead atoms. The van der Waals surface area contributed by atoms with Crippen LogP contribution >= 0.6 is 0 Å². The van der Waals surface area contributed by atoms with Gasteiger partial charge < -0.3 is 19.7 Å².